The van der Waals surface area contributed by atoms with Crippen LogP contribution >= 0.6 is 11.3 Å². The van der Waals surface area contributed by atoms with Gasteiger partial charge in [-0.3, -0.25) is 10.1 Å². The van der Waals surface area contributed by atoms with E-state index in [0.29, 0.717) is 10.7 Å². The summed E-state index contributed by atoms with van der Waals surface area (Å²) in [7, 11) is 1.17. The molecule has 9 nitrogen and oxygen atoms in total. The Labute approximate surface area is 172 Å². The Morgan fingerprint density at radius 1 is 1.21 bits per heavy atom. The number of anilines is 1. The van der Waals surface area contributed by atoms with Crippen molar-refractivity contribution in [1.82, 2.24) is 10.3 Å². The molecule has 1 heterocycles. The first kappa shape index (κ1) is 22.3. The van der Waals surface area contributed by atoms with E-state index in [1.54, 1.807) is 50.4 Å². The van der Waals surface area contributed by atoms with Gasteiger partial charge in [-0.1, -0.05) is 0 Å². The fourth-order valence-corrected chi connectivity index (χ4v) is 2.99. The van der Waals surface area contributed by atoms with Crippen molar-refractivity contribution in [2.75, 3.05) is 19.0 Å². The second-order valence-corrected chi connectivity index (χ2v) is 7.83. The monoisotopic (exact) mass is 421 g/mol. The van der Waals surface area contributed by atoms with Gasteiger partial charge >= 0.3 is 12.1 Å². The Hall–Kier alpha value is -2.98. The molecule has 156 valence electrons. The maximum absolute atomic E-state index is 12.2. The van der Waals surface area contributed by atoms with Crippen molar-refractivity contribution < 1.29 is 29.0 Å². The quantitative estimate of drug-likeness (QED) is 0.611. The lowest BCUT2D eigenvalue weighted by molar-refractivity contribution is -0.143. The number of nitrogens with one attached hydrogen (secondary N) is 2. The normalized spacial score (nSPS) is 12.0. The lowest BCUT2D eigenvalue weighted by Crippen LogP contribution is -2.44. The highest BCUT2D eigenvalue weighted by Crippen LogP contribution is 2.25. The number of amides is 2. The zero-order valence-electron chi connectivity index (χ0n) is 16.5. The van der Waals surface area contributed by atoms with Gasteiger partial charge < -0.3 is 19.9 Å². The average molecular weight is 421 g/mol. The van der Waals surface area contributed by atoms with Crippen molar-refractivity contribution >= 4 is 35.0 Å². The van der Waals surface area contributed by atoms with Gasteiger partial charge in [0, 0.05) is 16.6 Å². The molecular formula is C19H23N3O6S. The Balaban J connectivity index is 2.04. The van der Waals surface area contributed by atoms with Gasteiger partial charge in [-0.05, 0) is 45.0 Å². The van der Waals surface area contributed by atoms with Gasteiger partial charge in [0.2, 0.25) is 0 Å². The summed E-state index contributed by atoms with van der Waals surface area (Å²) < 4.78 is 9.71. The molecule has 29 heavy (non-hydrogen) atoms. The van der Waals surface area contributed by atoms with E-state index in [4.69, 9.17) is 4.74 Å². The van der Waals surface area contributed by atoms with Crippen molar-refractivity contribution in [3.8, 4) is 10.6 Å². The minimum Gasteiger partial charge on any atom is -0.467 e. The van der Waals surface area contributed by atoms with Crippen LogP contribution in [0, 0.1) is 0 Å². The maximum atomic E-state index is 12.2. The lowest BCUT2D eigenvalue weighted by Gasteiger charge is -2.19. The Bertz CT molecular complexity index is 873. The van der Waals surface area contributed by atoms with E-state index in [-0.39, 0.29) is 5.69 Å². The van der Waals surface area contributed by atoms with Crippen molar-refractivity contribution in [2.24, 2.45) is 0 Å². The minimum absolute atomic E-state index is 0.114. The molecule has 3 N–H and O–H groups in total. The molecule has 0 spiro atoms. The molecule has 0 fully saturated rings. The summed E-state index contributed by atoms with van der Waals surface area (Å²) in [4.78, 5) is 39.7. The lowest BCUT2D eigenvalue weighted by atomic mass is 10.2. The highest BCUT2D eigenvalue weighted by molar-refractivity contribution is 7.13. The molecule has 10 heteroatoms. The standard InChI is InChI=1S/C19H23N3O6S/c1-19(2,3)28-18(26)20-12-7-5-11(6-8-12)16-22-14(10-29-16)15(24)21-13(9-23)17(25)27-4/h5-8,10,13,23H,9H2,1-4H3,(H,20,26)(H,21,24)/t13-/m0/s1. The predicted octanol–water partition coefficient (Wildman–Crippen LogP) is 2.42. The fourth-order valence-electron chi connectivity index (χ4n) is 2.18. The molecular weight excluding hydrogens is 398 g/mol. The van der Waals surface area contributed by atoms with Gasteiger partial charge in [0.1, 0.15) is 16.3 Å². The van der Waals surface area contributed by atoms with Gasteiger partial charge in [0.25, 0.3) is 5.91 Å². The first-order valence-electron chi connectivity index (χ1n) is 8.68. The van der Waals surface area contributed by atoms with E-state index < -0.39 is 36.2 Å². The van der Waals surface area contributed by atoms with Gasteiger partial charge in [0.05, 0.1) is 13.7 Å². The van der Waals surface area contributed by atoms with E-state index >= 15 is 0 Å². The number of rotatable bonds is 6. The molecule has 0 saturated carbocycles. The third-order valence-corrected chi connectivity index (χ3v) is 4.38. The van der Waals surface area contributed by atoms with Crippen LogP contribution in [0.1, 0.15) is 31.3 Å². The fraction of sp³-hybridized carbons (Fsp3) is 0.368. The van der Waals surface area contributed by atoms with Crippen LogP contribution in [0.4, 0.5) is 10.5 Å². The van der Waals surface area contributed by atoms with E-state index in [1.807, 2.05) is 0 Å². The Morgan fingerprint density at radius 3 is 2.41 bits per heavy atom. The number of hydrogen-bond donors (Lipinski definition) is 3. The highest BCUT2D eigenvalue weighted by Gasteiger charge is 2.22. The van der Waals surface area contributed by atoms with Crippen LogP contribution in [0.25, 0.3) is 10.6 Å². The topological polar surface area (TPSA) is 127 Å². The molecule has 0 aliphatic rings. The molecule has 2 aromatic rings. The summed E-state index contributed by atoms with van der Waals surface area (Å²) >= 11 is 1.24. The summed E-state index contributed by atoms with van der Waals surface area (Å²) in [5, 5.41) is 16.3. The summed E-state index contributed by atoms with van der Waals surface area (Å²) in [5.41, 5.74) is 0.824. The van der Waals surface area contributed by atoms with Crippen molar-refractivity contribution in [2.45, 2.75) is 32.4 Å². The van der Waals surface area contributed by atoms with Gasteiger partial charge in [0.15, 0.2) is 6.04 Å². The number of aliphatic hydroxyl groups excluding tert-OH is 1. The van der Waals surface area contributed by atoms with Gasteiger partial charge in [-0.15, -0.1) is 11.3 Å². The molecule has 2 rings (SSSR count). The number of benzene rings is 1. The van der Waals surface area contributed by atoms with Crippen LogP contribution in [0.2, 0.25) is 0 Å². The summed E-state index contributed by atoms with van der Waals surface area (Å²) in [6.45, 7) is 4.75. The Kier molecular flexibility index (Phi) is 7.29. The summed E-state index contributed by atoms with van der Waals surface area (Å²) in [5.74, 6) is -1.34. The molecule has 0 bridgehead atoms. The summed E-state index contributed by atoms with van der Waals surface area (Å²) in [6.07, 6.45) is -0.553. The maximum Gasteiger partial charge on any atom is 0.412 e. The number of thiazole rings is 1. The molecule has 0 saturated heterocycles. The van der Waals surface area contributed by atoms with Gasteiger partial charge in [-0.2, -0.15) is 0 Å². The number of carbonyl (C=O) groups excluding carboxylic acids is 3. The third kappa shape index (κ3) is 6.54. The molecule has 1 aromatic carbocycles. The minimum atomic E-state index is -1.16. The van der Waals surface area contributed by atoms with E-state index in [1.165, 1.54) is 18.4 Å². The van der Waals surface area contributed by atoms with E-state index in [9.17, 15) is 19.5 Å². The second-order valence-electron chi connectivity index (χ2n) is 6.97. The zero-order chi connectivity index (χ0) is 21.6. The van der Waals surface area contributed by atoms with Crippen LogP contribution < -0.4 is 10.6 Å². The van der Waals surface area contributed by atoms with Crippen LogP contribution in [-0.2, 0) is 14.3 Å². The number of aromatic nitrogens is 1. The molecule has 0 aliphatic carbocycles. The number of ether oxygens (including phenoxy) is 2. The largest absolute Gasteiger partial charge is 0.467 e. The predicted molar refractivity (Wildman–Crippen MR) is 108 cm³/mol. The second kappa shape index (κ2) is 9.48. The van der Waals surface area contributed by atoms with E-state index in [2.05, 4.69) is 20.4 Å². The number of hydrogen-bond acceptors (Lipinski definition) is 8. The molecule has 0 aliphatic heterocycles. The molecule has 0 unspecified atom stereocenters. The van der Waals surface area contributed by atoms with Crippen LogP contribution in [0.3, 0.4) is 0 Å². The third-order valence-electron chi connectivity index (χ3n) is 3.49. The summed E-state index contributed by atoms with van der Waals surface area (Å²) in [6, 6.07) is 5.73. The smallest absolute Gasteiger partial charge is 0.412 e. The Morgan fingerprint density at radius 2 is 1.86 bits per heavy atom. The zero-order valence-corrected chi connectivity index (χ0v) is 17.3. The van der Waals surface area contributed by atoms with E-state index in [0.717, 1.165) is 5.56 Å². The van der Waals surface area contributed by atoms with Crippen molar-refractivity contribution in [3.63, 3.8) is 0 Å². The number of methoxy groups -OCH3 is 1. The first-order chi connectivity index (χ1) is 13.6. The molecule has 1 aromatic heterocycles. The number of nitrogens with zero attached hydrogens (tertiary/aromatic N) is 1. The SMILES string of the molecule is COC(=O)[C@H](CO)NC(=O)c1csc(-c2ccc(NC(=O)OC(C)(C)C)cc2)n1. The van der Waals surface area contributed by atoms with Crippen LogP contribution in [0.5, 0.6) is 0 Å². The van der Waals surface area contributed by atoms with Crippen molar-refractivity contribution in [1.29, 1.82) is 0 Å². The number of esters is 1. The van der Waals surface area contributed by atoms with Crippen molar-refractivity contribution in [3.05, 3.63) is 35.3 Å². The number of carbonyl (C=O) groups is 3. The first-order valence-corrected chi connectivity index (χ1v) is 9.56. The average Bonchev–Trinajstić information content (AvgIpc) is 3.14. The highest BCUT2D eigenvalue weighted by atomic mass is 32.1. The number of aliphatic hydroxyl groups is 1. The van der Waals surface area contributed by atoms with Crippen LogP contribution in [0.15, 0.2) is 29.6 Å². The van der Waals surface area contributed by atoms with Gasteiger partial charge in [-0.25, -0.2) is 14.6 Å². The molecule has 2 amide bonds. The molecule has 0 radical (unpaired) electrons. The molecule has 1 atom stereocenters. The van der Waals surface area contributed by atoms with Crippen LogP contribution in [-0.4, -0.2) is 53.4 Å².